The summed E-state index contributed by atoms with van der Waals surface area (Å²) in [6.45, 7) is 1.62. The van der Waals surface area contributed by atoms with E-state index in [2.05, 4.69) is 4.74 Å². The molecule has 1 fully saturated rings. The molecule has 0 aromatic heterocycles. The van der Waals surface area contributed by atoms with Crippen LogP contribution in [0.1, 0.15) is 12.8 Å². The number of nitrogens with zero attached hydrogens (tertiary/aromatic N) is 1. The summed E-state index contributed by atoms with van der Waals surface area (Å²) in [6.07, 6.45) is -4.98. The fourth-order valence-electron chi connectivity index (χ4n) is 3.57. The zero-order chi connectivity index (χ0) is 27.1. The number of hydrogen-bond donors (Lipinski definition) is 2. The monoisotopic (exact) mass is 546 g/mol. The van der Waals surface area contributed by atoms with Crippen LogP contribution in [0.5, 0.6) is 17.2 Å². The first kappa shape index (κ1) is 28.2. The summed E-state index contributed by atoms with van der Waals surface area (Å²) in [5.41, 5.74) is 1.46. The van der Waals surface area contributed by atoms with Gasteiger partial charge < -0.3 is 19.1 Å². The van der Waals surface area contributed by atoms with Crippen LogP contribution in [0, 0.1) is 5.92 Å². The molecule has 1 aliphatic heterocycles. The van der Waals surface area contributed by atoms with Gasteiger partial charge in [-0.05, 0) is 55.0 Å². The quantitative estimate of drug-likeness (QED) is 0.344. The van der Waals surface area contributed by atoms with Crippen LogP contribution in [0.15, 0.2) is 53.4 Å². The van der Waals surface area contributed by atoms with Gasteiger partial charge in [0.05, 0.1) is 29.8 Å². The summed E-state index contributed by atoms with van der Waals surface area (Å²) in [6, 6.07) is 9.82. The number of carbonyl (C=O) groups is 2. The number of carbonyl (C=O) groups excluding carboxylic acids is 2. The van der Waals surface area contributed by atoms with Crippen LogP contribution in [0.4, 0.5) is 13.2 Å². The molecule has 14 heteroatoms. The Bertz CT molecular complexity index is 1170. The SMILES string of the molecule is O=C(NO)C(CCC(=O)N1CCOCC1)CS(=O)(=O)c1ccc(Oc2ccc(OC(F)(F)F)cc2)cc1. The van der Waals surface area contributed by atoms with Crippen molar-refractivity contribution in [1.29, 1.82) is 0 Å². The van der Waals surface area contributed by atoms with Crippen molar-refractivity contribution in [3.8, 4) is 17.2 Å². The molecule has 37 heavy (non-hydrogen) atoms. The number of ether oxygens (including phenoxy) is 3. The molecule has 1 unspecified atom stereocenters. The maximum atomic E-state index is 12.9. The number of amides is 2. The zero-order valence-corrected chi connectivity index (χ0v) is 20.3. The Morgan fingerprint density at radius 2 is 1.54 bits per heavy atom. The van der Waals surface area contributed by atoms with E-state index >= 15 is 0 Å². The minimum Gasteiger partial charge on any atom is -0.457 e. The number of hydroxylamine groups is 1. The Morgan fingerprint density at radius 3 is 2.08 bits per heavy atom. The van der Waals surface area contributed by atoms with Gasteiger partial charge in [0, 0.05) is 19.5 Å². The molecular formula is C23H25F3N2O8S. The van der Waals surface area contributed by atoms with Crippen molar-refractivity contribution in [3.63, 3.8) is 0 Å². The van der Waals surface area contributed by atoms with Crippen molar-refractivity contribution >= 4 is 21.7 Å². The second-order valence-electron chi connectivity index (χ2n) is 8.08. The van der Waals surface area contributed by atoms with Gasteiger partial charge in [-0.1, -0.05) is 0 Å². The van der Waals surface area contributed by atoms with Gasteiger partial charge in [-0.3, -0.25) is 14.8 Å². The molecule has 0 spiro atoms. The molecule has 2 aromatic rings. The van der Waals surface area contributed by atoms with E-state index in [1.807, 2.05) is 0 Å². The normalized spacial score (nSPS) is 15.1. The van der Waals surface area contributed by atoms with Crippen molar-refractivity contribution in [2.24, 2.45) is 5.92 Å². The van der Waals surface area contributed by atoms with Gasteiger partial charge in [0.1, 0.15) is 17.2 Å². The highest BCUT2D eigenvalue weighted by Gasteiger charge is 2.31. The Balaban J connectivity index is 1.61. The largest absolute Gasteiger partial charge is 0.573 e. The molecule has 1 saturated heterocycles. The molecule has 2 amide bonds. The van der Waals surface area contributed by atoms with Crippen molar-refractivity contribution in [2.75, 3.05) is 32.1 Å². The minimum atomic E-state index is -4.82. The van der Waals surface area contributed by atoms with Crippen molar-refractivity contribution in [1.82, 2.24) is 10.4 Å². The fourth-order valence-corrected chi connectivity index (χ4v) is 5.16. The van der Waals surface area contributed by atoms with Gasteiger partial charge >= 0.3 is 6.36 Å². The number of halogens is 3. The maximum absolute atomic E-state index is 12.9. The number of sulfone groups is 1. The second-order valence-corrected chi connectivity index (χ2v) is 10.1. The van der Waals surface area contributed by atoms with E-state index in [-0.39, 0.29) is 35.1 Å². The Kier molecular flexibility index (Phi) is 9.34. The average molecular weight is 547 g/mol. The van der Waals surface area contributed by atoms with Crippen LogP contribution in [0.3, 0.4) is 0 Å². The zero-order valence-electron chi connectivity index (χ0n) is 19.4. The number of nitrogens with one attached hydrogen (secondary N) is 1. The highest BCUT2D eigenvalue weighted by atomic mass is 32.2. The van der Waals surface area contributed by atoms with E-state index in [0.29, 0.717) is 26.3 Å². The lowest BCUT2D eigenvalue weighted by Gasteiger charge is -2.27. The first-order chi connectivity index (χ1) is 17.5. The van der Waals surface area contributed by atoms with E-state index in [9.17, 15) is 31.2 Å². The highest BCUT2D eigenvalue weighted by Crippen LogP contribution is 2.28. The third-order valence-corrected chi connectivity index (χ3v) is 7.28. The summed E-state index contributed by atoms with van der Waals surface area (Å²) < 4.78 is 77.1. The van der Waals surface area contributed by atoms with Crippen LogP contribution in [0.2, 0.25) is 0 Å². The van der Waals surface area contributed by atoms with Gasteiger partial charge in [0.15, 0.2) is 9.84 Å². The maximum Gasteiger partial charge on any atom is 0.573 e. The van der Waals surface area contributed by atoms with E-state index < -0.39 is 39.5 Å². The molecule has 0 radical (unpaired) electrons. The number of morpholine rings is 1. The van der Waals surface area contributed by atoms with E-state index in [0.717, 1.165) is 12.1 Å². The molecular weight excluding hydrogens is 521 g/mol. The van der Waals surface area contributed by atoms with Crippen molar-refractivity contribution in [3.05, 3.63) is 48.5 Å². The number of hydrogen-bond acceptors (Lipinski definition) is 8. The lowest BCUT2D eigenvalue weighted by molar-refractivity contribution is -0.274. The Labute approximate surface area is 210 Å². The van der Waals surface area contributed by atoms with E-state index in [1.165, 1.54) is 41.9 Å². The molecule has 0 bridgehead atoms. The smallest absolute Gasteiger partial charge is 0.457 e. The third kappa shape index (κ3) is 8.61. The molecule has 1 atom stereocenters. The molecule has 2 aromatic carbocycles. The topological polar surface area (TPSA) is 131 Å². The number of benzene rings is 2. The Morgan fingerprint density at radius 1 is 1.00 bits per heavy atom. The van der Waals surface area contributed by atoms with Crippen molar-refractivity contribution in [2.45, 2.75) is 24.1 Å². The predicted octanol–water partition coefficient (Wildman–Crippen LogP) is 2.91. The molecule has 10 nitrogen and oxygen atoms in total. The Hall–Kier alpha value is -3.36. The standard InChI is InChI=1S/C23H25F3N2O8S/c24-23(25,26)36-19-4-2-17(3-5-19)35-18-6-8-20(9-7-18)37(32,33)15-16(22(30)27-31)1-10-21(29)28-11-13-34-14-12-28/h2-9,16,31H,1,10-15H2,(H,27,30). The molecule has 2 N–H and O–H groups in total. The molecule has 1 heterocycles. The average Bonchev–Trinajstić information content (AvgIpc) is 2.87. The van der Waals surface area contributed by atoms with Crippen LogP contribution >= 0.6 is 0 Å². The molecule has 0 saturated carbocycles. The summed E-state index contributed by atoms with van der Waals surface area (Å²) in [5.74, 6) is -3.00. The van der Waals surface area contributed by atoms with Gasteiger partial charge in [-0.25, -0.2) is 13.9 Å². The second kappa shape index (κ2) is 12.3. The van der Waals surface area contributed by atoms with Crippen LogP contribution in [-0.2, 0) is 24.2 Å². The van der Waals surface area contributed by atoms with Crippen LogP contribution in [0.25, 0.3) is 0 Å². The molecule has 0 aliphatic carbocycles. The molecule has 202 valence electrons. The van der Waals surface area contributed by atoms with Gasteiger partial charge in [0.2, 0.25) is 11.8 Å². The summed E-state index contributed by atoms with van der Waals surface area (Å²) in [5, 5.41) is 9.05. The van der Waals surface area contributed by atoms with E-state index in [4.69, 9.17) is 14.7 Å². The van der Waals surface area contributed by atoms with Gasteiger partial charge in [0.25, 0.3) is 0 Å². The first-order valence-electron chi connectivity index (χ1n) is 11.1. The van der Waals surface area contributed by atoms with Crippen LogP contribution in [-0.4, -0.2) is 68.8 Å². The summed E-state index contributed by atoms with van der Waals surface area (Å²) in [7, 11) is -4.00. The van der Waals surface area contributed by atoms with Gasteiger partial charge in [-0.15, -0.1) is 13.2 Å². The fraction of sp³-hybridized carbons (Fsp3) is 0.391. The summed E-state index contributed by atoms with van der Waals surface area (Å²) in [4.78, 5) is 25.9. The van der Waals surface area contributed by atoms with Crippen molar-refractivity contribution < 1.29 is 50.6 Å². The van der Waals surface area contributed by atoms with E-state index in [1.54, 1.807) is 4.90 Å². The number of alkyl halides is 3. The molecule has 3 rings (SSSR count). The van der Waals surface area contributed by atoms with Crippen LogP contribution < -0.4 is 15.0 Å². The first-order valence-corrected chi connectivity index (χ1v) is 12.8. The lowest BCUT2D eigenvalue weighted by Crippen LogP contribution is -2.41. The molecule has 1 aliphatic rings. The highest BCUT2D eigenvalue weighted by molar-refractivity contribution is 7.91. The number of rotatable bonds is 10. The third-order valence-electron chi connectivity index (χ3n) is 5.45. The van der Waals surface area contributed by atoms with Gasteiger partial charge in [-0.2, -0.15) is 0 Å². The summed E-state index contributed by atoms with van der Waals surface area (Å²) >= 11 is 0. The predicted molar refractivity (Wildman–Crippen MR) is 122 cm³/mol. The minimum absolute atomic E-state index is 0.0762. The lowest BCUT2D eigenvalue weighted by atomic mass is 10.0.